The summed E-state index contributed by atoms with van der Waals surface area (Å²) >= 11 is 0. The third kappa shape index (κ3) is 4.50. The first-order valence-electron chi connectivity index (χ1n) is 9.24. The Morgan fingerprint density at radius 1 is 1.27 bits per heavy atom. The van der Waals surface area contributed by atoms with Crippen molar-refractivity contribution in [2.75, 3.05) is 13.1 Å². The molecule has 6 heteroatoms. The highest BCUT2D eigenvalue weighted by Crippen LogP contribution is 2.18. The summed E-state index contributed by atoms with van der Waals surface area (Å²) in [6, 6.07) is 10.1. The van der Waals surface area contributed by atoms with Crippen LogP contribution in [-0.4, -0.2) is 50.3 Å². The monoisotopic (exact) mass is 354 g/mol. The minimum Gasteiger partial charge on any atom is -0.340 e. The van der Waals surface area contributed by atoms with Crippen molar-refractivity contribution in [2.24, 2.45) is 0 Å². The maximum atomic E-state index is 12.7. The highest BCUT2D eigenvalue weighted by atomic mass is 16.2. The molecule has 1 saturated heterocycles. The molecular weight excluding hydrogens is 328 g/mol. The Kier molecular flexibility index (Phi) is 6.04. The zero-order valence-electron chi connectivity index (χ0n) is 15.3. The lowest BCUT2D eigenvalue weighted by molar-refractivity contribution is -0.133. The molecule has 0 spiro atoms. The van der Waals surface area contributed by atoms with Gasteiger partial charge in [0.25, 0.3) is 0 Å². The summed E-state index contributed by atoms with van der Waals surface area (Å²) in [6.07, 6.45) is 6.94. The van der Waals surface area contributed by atoms with Crippen LogP contribution in [-0.2, 0) is 22.7 Å². The Bertz CT molecular complexity index is 715. The molecule has 1 unspecified atom stereocenters. The van der Waals surface area contributed by atoms with E-state index < -0.39 is 0 Å². The lowest BCUT2D eigenvalue weighted by Crippen LogP contribution is -2.43. The average molecular weight is 354 g/mol. The van der Waals surface area contributed by atoms with Crippen LogP contribution in [0.1, 0.15) is 31.7 Å². The van der Waals surface area contributed by atoms with E-state index in [9.17, 15) is 9.59 Å². The Morgan fingerprint density at radius 3 is 2.77 bits per heavy atom. The van der Waals surface area contributed by atoms with Crippen LogP contribution < -0.4 is 0 Å². The molecule has 1 atom stereocenters. The second-order valence-electron chi connectivity index (χ2n) is 6.71. The summed E-state index contributed by atoms with van der Waals surface area (Å²) < 4.78 is 1.90. The summed E-state index contributed by atoms with van der Waals surface area (Å²) in [5.74, 6) is 0.233. The fourth-order valence-electron chi connectivity index (χ4n) is 3.40. The van der Waals surface area contributed by atoms with E-state index in [0.29, 0.717) is 39.0 Å². The first-order chi connectivity index (χ1) is 12.7. The number of imidazole rings is 1. The predicted octanol–water partition coefficient (Wildman–Crippen LogP) is 2.31. The first-order valence-corrected chi connectivity index (χ1v) is 9.24. The van der Waals surface area contributed by atoms with Gasteiger partial charge in [0, 0.05) is 57.5 Å². The molecule has 6 nitrogen and oxygen atoms in total. The molecule has 0 aliphatic carbocycles. The molecule has 3 rings (SSSR count). The standard InChI is InChI=1S/C20H26N4O2/c1-2-18-15-23(19(25)8-11-22-13-10-21-16-22)12-9-20(26)24(18)14-17-6-4-3-5-7-17/h3-7,10,13,16,18H,2,8-9,11-12,14-15H2,1H3. The Morgan fingerprint density at radius 2 is 2.08 bits per heavy atom. The van der Waals surface area contributed by atoms with Gasteiger partial charge in [0.15, 0.2) is 0 Å². The normalized spacial score (nSPS) is 18.0. The predicted molar refractivity (Wildman–Crippen MR) is 99.1 cm³/mol. The maximum absolute atomic E-state index is 12.7. The molecule has 0 bridgehead atoms. The lowest BCUT2D eigenvalue weighted by atomic mass is 10.1. The van der Waals surface area contributed by atoms with Crippen LogP contribution in [0.25, 0.3) is 0 Å². The average Bonchev–Trinajstić information content (AvgIpc) is 3.13. The fourth-order valence-corrected chi connectivity index (χ4v) is 3.40. The largest absolute Gasteiger partial charge is 0.340 e. The number of hydrogen-bond donors (Lipinski definition) is 0. The number of hydrogen-bond acceptors (Lipinski definition) is 3. The van der Waals surface area contributed by atoms with Gasteiger partial charge >= 0.3 is 0 Å². The van der Waals surface area contributed by atoms with E-state index in [1.54, 1.807) is 12.5 Å². The third-order valence-electron chi connectivity index (χ3n) is 4.95. The molecule has 1 aromatic heterocycles. The van der Waals surface area contributed by atoms with E-state index in [-0.39, 0.29) is 17.9 Å². The summed E-state index contributed by atoms with van der Waals surface area (Å²) in [5.41, 5.74) is 1.12. The molecule has 1 aliphatic rings. The molecular formula is C20H26N4O2. The van der Waals surface area contributed by atoms with Gasteiger partial charge in [-0.2, -0.15) is 0 Å². The van der Waals surface area contributed by atoms with Gasteiger partial charge in [-0.1, -0.05) is 37.3 Å². The van der Waals surface area contributed by atoms with Crippen LogP contribution in [0.2, 0.25) is 0 Å². The smallest absolute Gasteiger partial charge is 0.224 e. The van der Waals surface area contributed by atoms with E-state index in [0.717, 1.165) is 12.0 Å². The van der Waals surface area contributed by atoms with E-state index in [2.05, 4.69) is 11.9 Å². The number of aryl methyl sites for hydroxylation is 1. The highest BCUT2D eigenvalue weighted by Gasteiger charge is 2.30. The van der Waals surface area contributed by atoms with Gasteiger partial charge in [0.2, 0.25) is 11.8 Å². The molecule has 2 heterocycles. The minimum atomic E-state index is 0.0578. The van der Waals surface area contributed by atoms with Gasteiger partial charge in [-0.25, -0.2) is 4.98 Å². The number of rotatable bonds is 6. The van der Waals surface area contributed by atoms with Gasteiger partial charge < -0.3 is 14.4 Å². The van der Waals surface area contributed by atoms with E-state index >= 15 is 0 Å². The third-order valence-corrected chi connectivity index (χ3v) is 4.95. The van der Waals surface area contributed by atoms with Crippen LogP contribution in [0.4, 0.5) is 0 Å². The van der Waals surface area contributed by atoms with Crippen LogP contribution >= 0.6 is 0 Å². The van der Waals surface area contributed by atoms with E-state index in [1.165, 1.54) is 0 Å². The van der Waals surface area contributed by atoms with Crippen molar-refractivity contribution in [3.63, 3.8) is 0 Å². The molecule has 26 heavy (non-hydrogen) atoms. The van der Waals surface area contributed by atoms with Crippen molar-refractivity contribution in [1.29, 1.82) is 0 Å². The Hall–Kier alpha value is -2.63. The van der Waals surface area contributed by atoms with Gasteiger partial charge in [0.1, 0.15) is 0 Å². The maximum Gasteiger partial charge on any atom is 0.224 e. The van der Waals surface area contributed by atoms with Gasteiger partial charge in [-0.3, -0.25) is 9.59 Å². The molecule has 2 aromatic rings. The Labute approximate surface area is 154 Å². The minimum absolute atomic E-state index is 0.0578. The number of benzene rings is 1. The van der Waals surface area contributed by atoms with Crippen molar-refractivity contribution in [3.05, 3.63) is 54.6 Å². The summed E-state index contributed by atoms with van der Waals surface area (Å²) in [5, 5.41) is 0. The summed E-state index contributed by atoms with van der Waals surface area (Å²) in [7, 11) is 0. The van der Waals surface area contributed by atoms with Crippen molar-refractivity contribution in [1.82, 2.24) is 19.4 Å². The first kappa shape index (κ1) is 18.2. The van der Waals surface area contributed by atoms with Gasteiger partial charge in [-0.15, -0.1) is 0 Å². The molecule has 1 fully saturated rings. The van der Waals surface area contributed by atoms with Crippen LogP contribution in [0.5, 0.6) is 0 Å². The van der Waals surface area contributed by atoms with Crippen LogP contribution in [0, 0.1) is 0 Å². The second-order valence-corrected chi connectivity index (χ2v) is 6.71. The zero-order chi connectivity index (χ0) is 18.4. The topological polar surface area (TPSA) is 58.4 Å². The van der Waals surface area contributed by atoms with E-state index in [1.807, 2.05) is 50.9 Å². The fraction of sp³-hybridized carbons (Fsp3) is 0.450. The highest BCUT2D eigenvalue weighted by molar-refractivity contribution is 5.80. The number of carbonyl (C=O) groups is 2. The summed E-state index contributed by atoms with van der Waals surface area (Å²) in [4.78, 5) is 33.1. The van der Waals surface area contributed by atoms with E-state index in [4.69, 9.17) is 0 Å². The molecule has 138 valence electrons. The van der Waals surface area contributed by atoms with Crippen molar-refractivity contribution in [2.45, 2.75) is 45.3 Å². The number of carbonyl (C=O) groups excluding carboxylic acids is 2. The number of amides is 2. The molecule has 0 saturated carbocycles. The lowest BCUT2D eigenvalue weighted by Gasteiger charge is -2.31. The van der Waals surface area contributed by atoms with Crippen molar-refractivity contribution in [3.8, 4) is 0 Å². The molecule has 0 radical (unpaired) electrons. The SMILES string of the molecule is CCC1CN(C(=O)CCn2ccnc2)CCC(=O)N1Cc1ccccc1. The Balaban J connectivity index is 1.64. The van der Waals surface area contributed by atoms with Crippen LogP contribution in [0.3, 0.4) is 0 Å². The molecule has 1 aromatic carbocycles. The molecule has 1 aliphatic heterocycles. The van der Waals surface area contributed by atoms with Gasteiger partial charge in [-0.05, 0) is 12.0 Å². The molecule has 2 amide bonds. The zero-order valence-corrected chi connectivity index (χ0v) is 15.3. The molecule has 0 N–H and O–H groups in total. The van der Waals surface area contributed by atoms with Crippen molar-refractivity contribution >= 4 is 11.8 Å². The quantitative estimate of drug-likeness (QED) is 0.800. The number of nitrogens with zero attached hydrogens (tertiary/aromatic N) is 4. The van der Waals surface area contributed by atoms with Crippen molar-refractivity contribution < 1.29 is 9.59 Å². The van der Waals surface area contributed by atoms with Gasteiger partial charge in [0.05, 0.1) is 6.33 Å². The number of aromatic nitrogens is 2. The second kappa shape index (κ2) is 8.65. The van der Waals surface area contributed by atoms with Crippen LogP contribution in [0.15, 0.2) is 49.1 Å². The summed E-state index contributed by atoms with van der Waals surface area (Å²) in [6.45, 7) is 4.42.